The van der Waals surface area contributed by atoms with Crippen molar-refractivity contribution in [3.63, 3.8) is 0 Å². The van der Waals surface area contributed by atoms with Gasteiger partial charge in [0, 0.05) is 18.8 Å². The van der Waals surface area contributed by atoms with Crippen LogP contribution in [0.1, 0.15) is 16.7 Å². The molecule has 0 saturated carbocycles. The molecule has 0 unspecified atom stereocenters. The highest BCUT2D eigenvalue weighted by Gasteiger charge is 2.15. The number of hydrogen-bond donors (Lipinski definition) is 2. The molecule has 3 aromatic carbocycles. The van der Waals surface area contributed by atoms with E-state index in [4.69, 9.17) is 5.73 Å². The Morgan fingerprint density at radius 3 is 2.81 bits per heavy atom. The van der Waals surface area contributed by atoms with Crippen LogP contribution in [0.25, 0.3) is 21.9 Å². The van der Waals surface area contributed by atoms with E-state index in [1.165, 1.54) is 38.6 Å². The Balaban J connectivity index is 1.94. The van der Waals surface area contributed by atoms with E-state index in [0.717, 1.165) is 18.8 Å². The number of anilines is 1. The lowest BCUT2D eigenvalue weighted by Crippen LogP contribution is -2.00. The number of nitrogen functional groups attached to an aromatic ring is 1. The van der Waals surface area contributed by atoms with Crippen LogP contribution in [0.15, 0.2) is 48.5 Å². The highest BCUT2D eigenvalue weighted by atomic mass is 14.9. The number of benzene rings is 3. The van der Waals surface area contributed by atoms with E-state index in [0.29, 0.717) is 0 Å². The van der Waals surface area contributed by atoms with Crippen molar-refractivity contribution >= 4 is 16.5 Å². The zero-order valence-corrected chi connectivity index (χ0v) is 12.1. The van der Waals surface area contributed by atoms with Crippen LogP contribution < -0.4 is 11.1 Å². The molecule has 0 aromatic heterocycles. The van der Waals surface area contributed by atoms with Gasteiger partial charge in [-0.05, 0) is 63.7 Å². The zero-order chi connectivity index (χ0) is 14.4. The van der Waals surface area contributed by atoms with Crippen LogP contribution in [-0.4, -0.2) is 0 Å². The number of fused-ring (bicyclic) bond motifs is 2. The predicted molar refractivity (Wildman–Crippen MR) is 89.1 cm³/mol. The van der Waals surface area contributed by atoms with Crippen molar-refractivity contribution < 1.29 is 0 Å². The van der Waals surface area contributed by atoms with Gasteiger partial charge < -0.3 is 11.1 Å². The van der Waals surface area contributed by atoms with E-state index in [9.17, 15) is 0 Å². The molecule has 0 fully saturated rings. The molecule has 2 heteroatoms. The Morgan fingerprint density at radius 1 is 1.00 bits per heavy atom. The molecule has 0 spiro atoms. The molecular weight excluding hydrogens is 256 g/mol. The first-order valence-corrected chi connectivity index (χ1v) is 7.34. The number of aryl methyl sites for hydroxylation is 1. The minimum atomic E-state index is 0.831. The second-order valence-electron chi connectivity index (χ2n) is 5.82. The van der Waals surface area contributed by atoms with Crippen LogP contribution in [0.5, 0.6) is 0 Å². The summed E-state index contributed by atoms with van der Waals surface area (Å²) in [4.78, 5) is 0. The predicted octanol–water partition coefficient (Wildman–Crippen LogP) is 4.00. The molecule has 1 heterocycles. The Hall–Kier alpha value is -2.32. The first kappa shape index (κ1) is 12.4. The molecule has 1 aliphatic rings. The van der Waals surface area contributed by atoms with E-state index in [1.807, 2.05) is 6.07 Å². The van der Waals surface area contributed by atoms with Crippen molar-refractivity contribution in [2.75, 3.05) is 5.73 Å². The van der Waals surface area contributed by atoms with Gasteiger partial charge in [0.1, 0.15) is 0 Å². The maximum absolute atomic E-state index is 5.99. The quantitative estimate of drug-likeness (QED) is 0.658. The summed E-state index contributed by atoms with van der Waals surface area (Å²) in [5, 5.41) is 5.93. The summed E-state index contributed by atoms with van der Waals surface area (Å²) in [5.74, 6) is 0. The molecule has 21 heavy (non-hydrogen) atoms. The van der Waals surface area contributed by atoms with Gasteiger partial charge in [-0.1, -0.05) is 30.3 Å². The normalized spacial score (nSPS) is 13.6. The lowest BCUT2D eigenvalue weighted by Gasteiger charge is -2.11. The van der Waals surface area contributed by atoms with Crippen molar-refractivity contribution in [3.8, 4) is 11.1 Å². The second kappa shape index (κ2) is 4.61. The van der Waals surface area contributed by atoms with Gasteiger partial charge in [-0.3, -0.25) is 0 Å². The van der Waals surface area contributed by atoms with Gasteiger partial charge in [0.05, 0.1) is 0 Å². The summed E-state index contributed by atoms with van der Waals surface area (Å²) >= 11 is 0. The fourth-order valence-corrected chi connectivity index (χ4v) is 3.36. The monoisotopic (exact) mass is 274 g/mol. The van der Waals surface area contributed by atoms with Crippen molar-refractivity contribution in [2.24, 2.45) is 0 Å². The van der Waals surface area contributed by atoms with Crippen molar-refractivity contribution in [3.05, 3.63) is 65.2 Å². The van der Waals surface area contributed by atoms with Crippen LogP contribution in [0.3, 0.4) is 0 Å². The minimum absolute atomic E-state index is 0.831. The fraction of sp³-hybridized carbons (Fsp3) is 0.158. The first-order valence-electron chi connectivity index (χ1n) is 7.34. The smallest absolute Gasteiger partial charge is 0.0323 e. The Morgan fingerprint density at radius 2 is 1.90 bits per heavy atom. The molecule has 0 aliphatic carbocycles. The number of nitrogens with one attached hydrogen (secondary N) is 1. The summed E-state index contributed by atoms with van der Waals surface area (Å²) < 4.78 is 0. The number of hydrogen-bond acceptors (Lipinski definition) is 2. The molecule has 0 amide bonds. The van der Waals surface area contributed by atoms with Crippen molar-refractivity contribution in [1.29, 1.82) is 0 Å². The molecule has 4 rings (SSSR count). The van der Waals surface area contributed by atoms with Gasteiger partial charge in [-0.15, -0.1) is 0 Å². The Labute approximate surface area is 124 Å². The average Bonchev–Trinajstić information content (AvgIpc) is 2.94. The molecule has 3 N–H and O–H groups in total. The van der Waals surface area contributed by atoms with Crippen LogP contribution in [0, 0.1) is 6.92 Å². The third kappa shape index (κ3) is 1.99. The number of nitrogens with two attached hydrogens (primary N) is 1. The van der Waals surface area contributed by atoms with Crippen LogP contribution in [-0.2, 0) is 13.1 Å². The summed E-state index contributed by atoms with van der Waals surface area (Å²) in [5.41, 5.74) is 13.5. The highest BCUT2D eigenvalue weighted by molar-refractivity contribution is 5.92. The SMILES string of the molecule is Cc1cc(N)cc2cc(-c3cccc4c3CNC4)ccc12. The zero-order valence-electron chi connectivity index (χ0n) is 12.1. The van der Waals surface area contributed by atoms with Gasteiger partial charge in [-0.25, -0.2) is 0 Å². The van der Waals surface area contributed by atoms with Crippen LogP contribution >= 0.6 is 0 Å². The molecular formula is C19H18N2. The third-order valence-electron chi connectivity index (χ3n) is 4.38. The largest absolute Gasteiger partial charge is 0.399 e. The van der Waals surface area contributed by atoms with E-state index >= 15 is 0 Å². The summed E-state index contributed by atoms with van der Waals surface area (Å²) in [6.45, 7) is 4.05. The van der Waals surface area contributed by atoms with Gasteiger partial charge in [0.25, 0.3) is 0 Å². The lowest BCUT2D eigenvalue weighted by molar-refractivity contribution is 0.765. The summed E-state index contributed by atoms with van der Waals surface area (Å²) in [6.07, 6.45) is 0. The standard InChI is InChI=1S/C19H18N2/c1-12-7-16(20)9-15-8-13(5-6-17(12)15)18-4-2-3-14-10-21-11-19(14)18/h2-9,21H,10-11,20H2,1H3. The molecule has 0 radical (unpaired) electrons. The number of rotatable bonds is 1. The van der Waals surface area contributed by atoms with Gasteiger partial charge >= 0.3 is 0 Å². The highest BCUT2D eigenvalue weighted by Crippen LogP contribution is 2.32. The summed E-state index contributed by atoms with van der Waals surface area (Å²) in [7, 11) is 0. The second-order valence-corrected chi connectivity index (χ2v) is 5.82. The molecule has 0 bridgehead atoms. The molecule has 0 atom stereocenters. The van der Waals surface area contributed by atoms with E-state index in [2.05, 4.69) is 54.7 Å². The van der Waals surface area contributed by atoms with E-state index < -0.39 is 0 Å². The lowest BCUT2D eigenvalue weighted by atomic mass is 9.94. The maximum atomic E-state index is 5.99. The summed E-state index contributed by atoms with van der Waals surface area (Å²) in [6, 6.07) is 17.4. The third-order valence-corrected chi connectivity index (χ3v) is 4.38. The van der Waals surface area contributed by atoms with E-state index in [1.54, 1.807) is 0 Å². The van der Waals surface area contributed by atoms with E-state index in [-0.39, 0.29) is 0 Å². The fourth-order valence-electron chi connectivity index (χ4n) is 3.36. The minimum Gasteiger partial charge on any atom is -0.399 e. The molecule has 3 aromatic rings. The van der Waals surface area contributed by atoms with Gasteiger partial charge in [-0.2, -0.15) is 0 Å². The topological polar surface area (TPSA) is 38.0 Å². The molecule has 2 nitrogen and oxygen atoms in total. The molecule has 104 valence electrons. The Bertz CT molecular complexity index is 850. The van der Waals surface area contributed by atoms with Gasteiger partial charge in [0.15, 0.2) is 0 Å². The van der Waals surface area contributed by atoms with Crippen LogP contribution in [0.4, 0.5) is 5.69 Å². The first-order chi connectivity index (χ1) is 10.2. The molecule has 1 aliphatic heterocycles. The van der Waals surface area contributed by atoms with Crippen molar-refractivity contribution in [1.82, 2.24) is 5.32 Å². The van der Waals surface area contributed by atoms with Crippen LogP contribution in [0.2, 0.25) is 0 Å². The Kier molecular flexibility index (Phi) is 2.72. The maximum Gasteiger partial charge on any atom is 0.0323 e. The molecule has 0 saturated heterocycles. The average molecular weight is 274 g/mol. The van der Waals surface area contributed by atoms with Gasteiger partial charge in [0.2, 0.25) is 0 Å². The van der Waals surface area contributed by atoms with Crippen molar-refractivity contribution in [2.45, 2.75) is 20.0 Å².